The summed E-state index contributed by atoms with van der Waals surface area (Å²) in [6.07, 6.45) is 4.18. The molecule has 2 heterocycles. The number of benzene rings is 1. The van der Waals surface area contributed by atoms with Gasteiger partial charge in [0.05, 0.1) is 24.5 Å². The van der Waals surface area contributed by atoms with Gasteiger partial charge >= 0.3 is 0 Å². The molecule has 2 N–H and O–H groups in total. The highest BCUT2D eigenvalue weighted by molar-refractivity contribution is 5.31. The van der Waals surface area contributed by atoms with Gasteiger partial charge in [0.25, 0.3) is 5.56 Å². The lowest BCUT2D eigenvalue weighted by Crippen LogP contribution is -2.40. The normalized spacial score (nSPS) is 15.2. The van der Waals surface area contributed by atoms with Crippen molar-refractivity contribution in [1.29, 1.82) is 0 Å². The second kappa shape index (κ2) is 8.97. The van der Waals surface area contributed by atoms with E-state index in [1.807, 2.05) is 30.3 Å². The summed E-state index contributed by atoms with van der Waals surface area (Å²) in [6, 6.07) is 7.77. The van der Waals surface area contributed by atoms with Crippen molar-refractivity contribution in [3.8, 4) is 5.75 Å². The first-order valence-corrected chi connectivity index (χ1v) is 9.34. The number of nitrogens with zero attached hydrogens (tertiary/aromatic N) is 2. The van der Waals surface area contributed by atoms with Crippen molar-refractivity contribution in [2.45, 2.75) is 38.3 Å². The number of aromatic amines is 1. The van der Waals surface area contributed by atoms with E-state index in [-0.39, 0.29) is 5.56 Å². The molecule has 0 saturated carbocycles. The predicted octanol–water partition coefficient (Wildman–Crippen LogP) is 2.05. The van der Waals surface area contributed by atoms with Crippen LogP contribution in [0.4, 0.5) is 0 Å². The molecule has 144 valence electrons. The maximum Gasteiger partial charge on any atom is 0.255 e. The molecule has 1 aliphatic rings. The molecule has 1 aromatic carbocycles. The molecule has 0 aliphatic carbocycles. The van der Waals surface area contributed by atoms with E-state index in [1.54, 1.807) is 7.11 Å². The van der Waals surface area contributed by atoms with E-state index in [1.165, 1.54) is 0 Å². The van der Waals surface area contributed by atoms with Gasteiger partial charge in [-0.05, 0) is 30.5 Å². The van der Waals surface area contributed by atoms with Gasteiger partial charge in [-0.1, -0.05) is 18.2 Å². The topological polar surface area (TPSA) is 78.5 Å². The van der Waals surface area contributed by atoms with Gasteiger partial charge in [0, 0.05) is 32.5 Å². The molecular weight excluding hydrogens is 342 g/mol. The van der Waals surface area contributed by atoms with Gasteiger partial charge in [0.2, 0.25) is 0 Å². The summed E-state index contributed by atoms with van der Waals surface area (Å²) in [6.45, 7) is 5.58. The molecule has 6 nitrogen and oxygen atoms in total. The molecule has 0 saturated heterocycles. The SMILES string of the molecule is C=CCCC(O)CN1CCc2nc(Cc3cccc(OC)c3)[nH]c(=O)c2C1. The van der Waals surface area contributed by atoms with Crippen LogP contribution in [0.25, 0.3) is 0 Å². The van der Waals surface area contributed by atoms with Crippen LogP contribution in [-0.2, 0) is 19.4 Å². The lowest BCUT2D eigenvalue weighted by molar-refractivity contribution is 0.0986. The molecule has 0 fully saturated rings. The molecule has 0 spiro atoms. The van der Waals surface area contributed by atoms with Crippen LogP contribution in [0.5, 0.6) is 5.75 Å². The van der Waals surface area contributed by atoms with Crippen molar-refractivity contribution in [2.75, 3.05) is 20.2 Å². The second-order valence-electron chi connectivity index (χ2n) is 6.97. The molecular formula is C21H27N3O3. The number of fused-ring (bicyclic) bond motifs is 1. The number of methoxy groups -OCH3 is 1. The highest BCUT2D eigenvalue weighted by Gasteiger charge is 2.22. The minimum Gasteiger partial charge on any atom is -0.497 e. The van der Waals surface area contributed by atoms with E-state index in [4.69, 9.17) is 4.74 Å². The summed E-state index contributed by atoms with van der Waals surface area (Å²) in [5.41, 5.74) is 2.54. The summed E-state index contributed by atoms with van der Waals surface area (Å²) >= 11 is 0. The van der Waals surface area contributed by atoms with Gasteiger partial charge in [-0.25, -0.2) is 4.98 Å². The van der Waals surface area contributed by atoms with Crippen molar-refractivity contribution in [2.24, 2.45) is 0 Å². The van der Waals surface area contributed by atoms with Gasteiger partial charge in [-0.3, -0.25) is 9.69 Å². The Balaban J connectivity index is 1.70. The standard InChI is InChI=1S/C21H27N3O3/c1-3-4-7-16(25)13-24-10-9-19-18(14-24)21(26)23-20(22-19)12-15-6-5-8-17(11-15)27-2/h3,5-6,8,11,16,25H,1,4,7,9-10,12-14H2,2H3,(H,22,23,26). The van der Waals surface area contributed by atoms with Crippen molar-refractivity contribution < 1.29 is 9.84 Å². The molecule has 1 aliphatic heterocycles. The zero-order valence-corrected chi connectivity index (χ0v) is 15.8. The largest absolute Gasteiger partial charge is 0.497 e. The third kappa shape index (κ3) is 5.05. The van der Waals surface area contributed by atoms with E-state index >= 15 is 0 Å². The molecule has 0 bridgehead atoms. The van der Waals surface area contributed by atoms with E-state index in [2.05, 4.69) is 21.4 Å². The number of hydrogen-bond donors (Lipinski definition) is 2. The highest BCUT2D eigenvalue weighted by Crippen LogP contribution is 2.17. The van der Waals surface area contributed by atoms with Crippen LogP contribution in [0.15, 0.2) is 41.7 Å². The Bertz CT molecular complexity index is 847. The number of aliphatic hydroxyl groups excluding tert-OH is 1. The average molecular weight is 369 g/mol. The number of allylic oxidation sites excluding steroid dienone is 1. The molecule has 0 radical (unpaired) electrons. The lowest BCUT2D eigenvalue weighted by Gasteiger charge is -2.29. The fourth-order valence-electron chi connectivity index (χ4n) is 3.45. The van der Waals surface area contributed by atoms with Crippen LogP contribution in [0.1, 0.15) is 35.5 Å². The number of hydrogen-bond acceptors (Lipinski definition) is 5. The Morgan fingerprint density at radius 1 is 1.48 bits per heavy atom. The average Bonchev–Trinajstić information content (AvgIpc) is 2.67. The van der Waals surface area contributed by atoms with Gasteiger partial charge < -0.3 is 14.8 Å². The lowest BCUT2D eigenvalue weighted by atomic mass is 10.0. The molecule has 1 atom stereocenters. The molecule has 1 unspecified atom stereocenters. The monoisotopic (exact) mass is 369 g/mol. The number of nitrogens with one attached hydrogen (secondary N) is 1. The van der Waals surface area contributed by atoms with Crippen molar-refractivity contribution in [3.05, 3.63) is 69.9 Å². The van der Waals surface area contributed by atoms with E-state index in [0.717, 1.165) is 36.4 Å². The van der Waals surface area contributed by atoms with Crippen molar-refractivity contribution >= 4 is 0 Å². The summed E-state index contributed by atoms with van der Waals surface area (Å²) < 4.78 is 5.25. The summed E-state index contributed by atoms with van der Waals surface area (Å²) in [5.74, 6) is 1.46. The molecule has 0 amide bonds. The summed E-state index contributed by atoms with van der Waals surface area (Å²) in [5, 5.41) is 10.1. The number of ether oxygens (including phenoxy) is 1. The Morgan fingerprint density at radius 2 is 2.33 bits per heavy atom. The number of β-amino-alcohol motifs (C(OH)–C–C–N with tert-alkyl or cyclic N) is 1. The van der Waals surface area contributed by atoms with Crippen LogP contribution >= 0.6 is 0 Å². The predicted molar refractivity (Wildman–Crippen MR) is 105 cm³/mol. The molecule has 27 heavy (non-hydrogen) atoms. The fraction of sp³-hybridized carbons (Fsp3) is 0.429. The molecule has 1 aromatic heterocycles. The number of aromatic nitrogens is 2. The van der Waals surface area contributed by atoms with Gasteiger partial charge in [-0.15, -0.1) is 6.58 Å². The molecule has 2 aromatic rings. The Morgan fingerprint density at radius 3 is 3.11 bits per heavy atom. The van der Waals surface area contributed by atoms with Crippen LogP contribution in [0.2, 0.25) is 0 Å². The summed E-state index contributed by atoms with van der Waals surface area (Å²) in [7, 11) is 1.64. The molecule has 3 rings (SSSR count). The Kier molecular flexibility index (Phi) is 6.42. The second-order valence-corrected chi connectivity index (χ2v) is 6.97. The quantitative estimate of drug-likeness (QED) is 0.697. The van der Waals surface area contributed by atoms with E-state index < -0.39 is 6.10 Å². The Hall–Kier alpha value is -2.44. The number of H-pyrrole nitrogens is 1. The first-order valence-electron chi connectivity index (χ1n) is 9.34. The first-order chi connectivity index (χ1) is 13.1. The maximum atomic E-state index is 12.6. The third-order valence-electron chi connectivity index (χ3n) is 4.88. The van der Waals surface area contributed by atoms with E-state index in [9.17, 15) is 9.90 Å². The minimum absolute atomic E-state index is 0.0804. The Labute approximate surface area is 159 Å². The zero-order valence-electron chi connectivity index (χ0n) is 15.8. The van der Waals surface area contributed by atoms with Crippen LogP contribution in [0.3, 0.4) is 0 Å². The smallest absolute Gasteiger partial charge is 0.255 e. The summed E-state index contributed by atoms with van der Waals surface area (Å²) in [4.78, 5) is 22.3. The number of aliphatic hydroxyl groups is 1. The van der Waals surface area contributed by atoms with Crippen LogP contribution < -0.4 is 10.3 Å². The minimum atomic E-state index is -0.399. The fourth-order valence-corrected chi connectivity index (χ4v) is 3.45. The maximum absolute atomic E-state index is 12.6. The van der Waals surface area contributed by atoms with Crippen molar-refractivity contribution in [3.63, 3.8) is 0 Å². The first kappa shape index (κ1) is 19.3. The zero-order chi connectivity index (χ0) is 19.2. The van der Waals surface area contributed by atoms with Crippen LogP contribution in [0, 0.1) is 0 Å². The van der Waals surface area contributed by atoms with Crippen molar-refractivity contribution in [1.82, 2.24) is 14.9 Å². The van der Waals surface area contributed by atoms with Gasteiger partial charge in [0.15, 0.2) is 0 Å². The van der Waals surface area contributed by atoms with E-state index in [0.29, 0.717) is 37.3 Å². The highest BCUT2D eigenvalue weighted by atomic mass is 16.5. The van der Waals surface area contributed by atoms with Gasteiger partial charge in [0.1, 0.15) is 11.6 Å². The molecule has 6 heteroatoms. The van der Waals surface area contributed by atoms with Crippen LogP contribution in [-0.4, -0.2) is 46.3 Å². The third-order valence-corrected chi connectivity index (χ3v) is 4.88. The van der Waals surface area contributed by atoms with Gasteiger partial charge in [-0.2, -0.15) is 0 Å². The number of rotatable bonds is 8.